The van der Waals surface area contributed by atoms with E-state index in [1.807, 2.05) is 6.92 Å². The van der Waals surface area contributed by atoms with Gasteiger partial charge in [0.2, 0.25) is 11.9 Å². The van der Waals surface area contributed by atoms with Crippen LogP contribution in [0.5, 0.6) is 5.75 Å². The van der Waals surface area contributed by atoms with Gasteiger partial charge in [-0.15, -0.1) is 0 Å². The fourth-order valence-electron chi connectivity index (χ4n) is 2.54. The number of hydrogen-bond donors (Lipinski definition) is 3. The molecule has 0 aliphatic rings. The van der Waals surface area contributed by atoms with Crippen LogP contribution < -0.4 is 11.1 Å². The molecule has 0 aliphatic heterocycles. The lowest BCUT2D eigenvalue weighted by atomic mass is 10.1. The van der Waals surface area contributed by atoms with Gasteiger partial charge in [0, 0.05) is 11.9 Å². The molecule has 0 bridgehead atoms. The van der Waals surface area contributed by atoms with Crippen molar-refractivity contribution in [2.45, 2.75) is 52.0 Å². The first-order valence-corrected chi connectivity index (χ1v) is 8.66. The fraction of sp³-hybridized carbons (Fsp3) is 0.421. The van der Waals surface area contributed by atoms with Gasteiger partial charge < -0.3 is 16.3 Å². The molecule has 7 heteroatoms. The molecule has 2 rings (SSSR count). The molecule has 2 aromatic rings. The number of aryl methyl sites for hydroxylation is 2. The van der Waals surface area contributed by atoms with Gasteiger partial charge in [0.25, 0.3) is 0 Å². The summed E-state index contributed by atoms with van der Waals surface area (Å²) >= 11 is 0. The van der Waals surface area contributed by atoms with Crippen LogP contribution in [0, 0.1) is 6.92 Å². The summed E-state index contributed by atoms with van der Waals surface area (Å²) in [6, 6.07) is 5.92. The molecule has 1 aromatic heterocycles. The van der Waals surface area contributed by atoms with Gasteiger partial charge in [0.1, 0.15) is 5.75 Å². The van der Waals surface area contributed by atoms with Crippen LogP contribution in [0.25, 0.3) is 0 Å². The first kappa shape index (κ1) is 21.5. The largest absolute Gasteiger partial charge is 0.508 e. The molecule has 1 heterocycles. The molecule has 0 saturated heterocycles. The Kier molecular flexibility index (Phi) is 8.67. The molecule has 1 unspecified atom stereocenters. The van der Waals surface area contributed by atoms with Crippen molar-refractivity contribution in [3.63, 3.8) is 0 Å². The number of hydrogen-bond acceptors (Lipinski definition) is 5. The van der Waals surface area contributed by atoms with E-state index < -0.39 is 6.04 Å². The predicted octanol–water partition coefficient (Wildman–Crippen LogP) is 1.91. The molecule has 142 valence electrons. The Morgan fingerprint density at radius 3 is 2.58 bits per heavy atom. The Morgan fingerprint density at radius 1 is 1.27 bits per heavy atom. The number of carbonyl (C=O) groups excluding carboxylic acids is 1. The number of phenolic OH excluding ortho intramolecular Hbond substituents is 1. The third kappa shape index (κ3) is 6.42. The second kappa shape index (κ2) is 10.5. The van der Waals surface area contributed by atoms with E-state index in [9.17, 15) is 9.90 Å². The Labute approximate surface area is 154 Å². The first-order valence-electron chi connectivity index (χ1n) is 8.66. The predicted molar refractivity (Wildman–Crippen MR) is 102 cm³/mol. The highest BCUT2D eigenvalue weighted by Crippen LogP contribution is 2.13. The van der Waals surface area contributed by atoms with Gasteiger partial charge in [-0.05, 0) is 49.4 Å². The van der Waals surface area contributed by atoms with Gasteiger partial charge in [-0.25, -0.2) is 9.97 Å². The van der Waals surface area contributed by atoms with Crippen molar-refractivity contribution in [3.8, 4) is 5.75 Å². The molecule has 0 radical (unpaired) electrons. The Bertz CT molecular complexity index is 704. The molecule has 6 N–H and O–H groups in total. The molecule has 1 aromatic carbocycles. The van der Waals surface area contributed by atoms with Crippen LogP contribution in [0.15, 0.2) is 30.5 Å². The van der Waals surface area contributed by atoms with Crippen LogP contribution >= 0.6 is 0 Å². The number of aromatic hydroxyl groups is 1. The molecule has 0 spiro atoms. The highest BCUT2D eigenvalue weighted by molar-refractivity contribution is 5.93. The van der Waals surface area contributed by atoms with E-state index in [1.54, 1.807) is 30.5 Å². The Balaban J connectivity index is 0.00000338. The number of nitrogens with one attached hydrogen (secondary N) is 1. The monoisotopic (exact) mass is 360 g/mol. The van der Waals surface area contributed by atoms with Crippen LogP contribution in [0.2, 0.25) is 0 Å². The van der Waals surface area contributed by atoms with E-state index >= 15 is 0 Å². The summed E-state index contributed by atoms with van der Waals surface area (Å²) in [6.45, 7) is 4.10. The second-order valence-corrected chi connectivity index (χ2v) is 6.23. The lowest BCUT2D eigenvalue weighted by Crippen LogP contribution is -2.37. The minimum Gasteiger partial charge on any atom is -0.508 e. The molecule has 0 saturated carbocycles. The first-order chi connectivity index (χ1) is 12.0. The van der Waals surface area contributed by atoms with E-state index in [1.165, 1.54) is 12.8 Å². The summed E-state index contributed by atoms with van der Waals surface area (Å²) < 4.78 is 0. The zero-order valence-corrected chi connectivity index (χ0v) is 15.3. The number of nitrogens with zero attached hydrogens (tertiary/aromatic N) is 2. The van der Waals surface area contributed by atoms with Gasteiger partial charge in [0.05, 0.1) is 6.04 Å². The van der Waals surface area contributed by atoms with Crippen molar-refractivity contribution in [1.29, 1.82) is 0 Å². The van der Waals surface area contributed by atoms with Crippen molar-refractivity contribution in [1.82, 2.24) is 9.97 Å². The van der Waals surface area contributed by atoms with Crippen LogP contribution in [0.1, 0.15) is 43.0 Å². The lowest BCUT2D eigenvalue weighted by molar-refractivity contribution is -0.117. The zero-order chi connectivity index (χ0) is 18.2. The van der Waals surface area contributed by atoms with Crippen molar-refractivity contribution in [2.75, 3.05) is 5.32 Å². The van der Waals surface area contributed by atoms with Gasteiger partial charge in [-0.3, -0.25) is 10.1 Å². The summed E-state index contributed by atoms with van der Waals surface area (Å²) in [5.74, 6) is 0.138. The standard InChI is InChI=1S/C19H26N4O2.H2O/c1-3-4-5-6-15-12-21-19(22-13(15)2)23-18(25)17(20)11-14-7-9-16(24)10-8-14;/h7-10,12,17,24H,3-6,11,20H2,1-2H3,(H,21,22,23,25);1H2. The van der Waals surface area contributed by atoms with Crippen LogP contribution in [0.4, 0.5) is 5.95 Å². The van der Waals surface area contributed by atoms with Crippen molar-refractivity contribution in [2.24, 2.45) is 5.73 Å². The quantitative estimate of drug-likeness (QED) is 0.618. The minimum absolute atomic E-state index is 0. The molecule has 1 amide bonds. The van der Waals surface area contributed by atoms with Gasteiger partial charge in [0.15, 0.2) is 0 Å². The summed E-state index contributed by atoms with van der Waals surface area (Å²) in [6.07, 6.45) is 6.58. The number of unbranched alkanes of at least 4 members (excludes halogenated alkanes) is 2. The minimum atomic E-state index is -0.710. The second-order valence-electron chi connectivity index (χ2n) is 6.23. The summed E-state index contributed by atoms with van der Waals surface area (Å²) in [4.78, 5) is 20.8. The Morgan fingerprint density at radius 2 is 1.96 bits per heavy atom. The van der Waals surface area contributed by atoms with E-state index in [0.717, 1.165) is 29.7 Å². The van der Waals surface area contributed by atoms with Crippen LogP contribution in [-0.4, -0.2) is 32.5 Å². The van der Waals surface area contributed by atoms with E-state index in [2.05, 4.69) is 22.2 Å². The molecular formula is C19H28N4O3. The maximum Gasteiger partial charge on any atom is 0.243 e. The topological polar surface area (TPSA) is 133 Å². The van der Waals surface area contributed by atoms with E-state index in [-0.39, 0.29) is 23.1 Å². The number of amides is 1. The highest BCUT2D eigenvalue weighted by Gasteiger charge is 2.16. The van der Waals surface area contributed by atoms with Gasteiger partial charge in [-0.1, -0.05) is 31.9 Å². The molecule has 0 fully saturated rings. The number of aromatic nitrogens is 2. The van der Waals surface area contributed by atoms with E-state index in [0.29, 0.717) is 6.42 Å². The van der Waals surface area contributed by atoms with Crippen molar-refractivity contribution < 1.29 is 15.4 Å². The zero-order valence-electron chi connectivity index (χ0n) is 15.3. The fourth-order valence-corrected chi connectivity index (χ4v) is 2.54. The number of phenols is 1. The van der Waals surface area contributed by atoms with Crippen LogP contribution in [-0.2, 0) is 17.6 Å². The molecule has 1 atom stereocenters. The SMILES string of the molecule is CCCCCc1cnc(NC(=O)C(N)Cc2ccc(O)cc2)nc1C.O. The number of rotatable bonds is 8. The maximum absolute atomic E-state index is 12.2. The number of anilines is 1. The van der Waals surface area contributed by atoms with Crippen LogP contribution in [0.3, 0.4) is 0 Å². The molecule has 0 aliphatic carbocycles. The maximum atomic E-state index is 12.2. The van der Waals surface area contributed by atoms with E-state index in [4.69, 9.17) is 5.73 Å². The summed E-state index contributed by atoms with van der Waals surface area (Å²) in [7, 11) is 0. The highest BCUT2D eigenvalue weighted by atomic mass is 16.3. The smallest absolute Gasteiger partial charge is 0.243 e. The number of benzene rings is 1. The van der Waals surface area contributed by atoms with Crippen molar-refractivity contribution >= 4 is 11.9 Å². The summed E-state index contributed by atoms with van der Waals surface area (Å²) in [5, 5.41) is 12.0. The number of carbonyl (C=O) groups is 1. The summed E-state index contributed by atoms with van der Waals surface area (Å²) in [5.41, 5.74) is 8.83. The third-order valence-electron chi connectivity index (χ3n) is 4.09. The average molecular weight is 360 g/mol. The van der Waals surface area contributed by atoms with Gasteiger partial charge >= 0.3 is 0 Å². The lowest BCUT2D eigenvalue weighted by Gasteiger charge is -2.12. The van der Waals surface area contributed by atoms with Crippen molar-refractivity contribution in [3.05, 3.63) is 47.3 Å². The number of nitrogens with two attached hydrogens (primary N) is 1. The molecule has 7 nitrogen and oxygen atoms in total. The normalized spacial score (nSPS) is 11.5. The average Bonchev–Trinajstić information content (AvgIpc) is 2.59. The molecular weight excluding hydrogens is 332 g/mol. The van der Waals surface area contributed by atoms with Gasteiger partial charge in [-0.2, -0.15) is 0 Å². The molecule has 26 heavy (non-hydrogen) atoms. The Hall–Kier alpha value is -2.51. The third-order valence-corrected chi connectivity index (χ3v) is 4.09.